The summed E-state index contributed by atoms with van der Waals surface area (Å²) in [6.45, 7) is 0.442. The standard InChI is InChI=1S/C9H10N4O/c14-12-5-8-1-3-9(4-2-8)13-7-10-6-11-13/h1-4,6-7,12,14H,5H2. The topological polar surface area (TPSA) is 63.0 Å². The van der Waals surface area contributed by atoms with Crippen LogP contribution in [0.15, 0.2) is 36.9 Å². The third-order valence-corrected chi connectivity index (χ3v) is 1.90. The molecule has 2 rings (SSSR count). The molecule has 5 heteroatoms. The van der Waals surface area contributed by atoms with E-state index >= 15 is 0 Å². The maximum absolute atomic E-state index is 8.50. The minimum absolute atomic E-state index is 0.442. The first-order valence-corrected chi connectivity index (χ1v) is 4.21. The number of nitrogens with one attached hydrogen (secondary N) is 1. The Labute approximate surface area is 81.0 Å². The van der Waals surface area contributed by atoms with Gasteiger partial charge in [0.05, 0.1) is 5.69 Å². The zero-order chi connectivity index (χ0) is 9.80. The van der Waals surface area contributed by atoms with Gasteiger partial charge in [-0.05, 0) is 17.7 Å². The molecule has 1 heterocycles. The van der Waals surface area contributed by atoms with E-state index in [9.17, 15) is 0 Å². The number of rotatable bonds is 3. The molecule has 0 unspecified atom stereocenters. The van der Waals surface area contributed by atoms with E-state index in [0.29, 0.717) is 6.54 Å². The number of hydrogen-bond donors (Lipinski definition) is 2. The maximum atomic E-state index is 8.50. The lowest BCUT2D eigenvalue weighted by Crippen LogP contribution is -2.06. The van der Waals surface area contributed by atoms with Crippen LogP contribution in [0.25, 0.3) is 5.69 Å². The zero-order valence-corrected chi connectivity index (χ0v) is 7.46. The van der Waals surface area contributed by atoms with Gasteiger partial charge in [-0.15, -0.1) is 0 Å². The zero-order valence-electron chi connectivity index (χ0n) is 7.46. The normalized spacial score (nSPS) is 10.4. The van der Waals surface area contributed by atoms with Crippen molar-refractivity contribution >= 4 is 0 Å². The van der Waals surface area contributed by atoms with E-state index in [1.807, 2.05) is 24.3 Å². The van der Waals surface area contributed by atoms with Crippen LogP contribution in [0.2, 0.25) is 0 Å². The smallest absolute Gasteiger partial charge is 0.138 e. The summed E-state index contributed by atoms with van der Waals surface area (Å²) < 4.78 is 1.68. The quantitative estimate of drug-likeness (QED) is 0.701. The molecule has 2 aromatic rings. The van der Waals surface area contributed by atoms with Gasteiger partial charge in [0.25, 0.3) is 0 Å². The summed E-state index contributed by atoms with van der Waals surface area (Å²) in [7, 11) is 0. The number of hydrogen-bond acceptors (Lipinski definition) is 4. The van der Waals surface area contributed by atoms with E-state index in [-0.39, 0.29) is 0 Å². The van der Waals surface area contributed by atoms with E-state index in [0.717, 1.165) is 11.3 Å². The van der Waals surface area contributed by atoms with Gasteiger partial charge in [-0.2, -0.15) is 5.10 Å². The van der Waals surface area contributed by atoms with Crippen molar-refractivity contribution in [2.75, 3.05) is 0 Å². The molecular weight excluding hydrogens is 180 g/mol. The van der Waals surface area contributed by atoms with E-state index < -0.39 is 0 Å². The van der Waals surface area contributed by atoms with Crippen LogP contribution in [0.5, 0.6) is 0 Å². The van der Waals surface area contributed by atoms with Crippen LogP contribution in [-0.4, -0.2) is 20.0 Å². The van der Waals surface area contributed by atoms with Gasteiger partial charge in [0, 0.05) is 6.54 Å². The van der Waals surface area contributed by atoms with Crippen molar-refractivity contribution in [2.45, 2.75) is 6.54 Å². The highest BCUT2D eigenvalue weighted by Gasteiger charge is 1.96. The lowest BCUT2D eigenvalue weighted by molar-refractivity contribution is 0.161. The molecule has 1 aromatic carbocycles. The molecule has 1 aromatic heterocycles. The molecule has 0 saturated carbocycles. The van der Waals surface area contributed by atoms with Crippen LogP contribution < -0.4 is 5.48 Å². The average Bonchev–Trinajstić information content (AvgIpc) is 2.72. The molecular formula is C9H10N4O. The summed E-state index contributed by atoms with van der Waals surface area (Å²) in [5.74, 6) is 0. The first-order valence-electron chi connectivity index (χ1n) is 4.21. The molecule has 0 spiro atoms. The van der Waals surface area contributed by atoms with E-state index in [4.69, 9.17) is 5.21 Å². The Kier molecular flexibility index (Phi) is 2.53. The molecule has 0 aliphatic carbocycles. The first-order chi connectivity index (χ1) is 6.90. The second kappa shape index (κ2) is 3.99. The number of hydroxylamine groups is 1. The van der Waals surface area contributed by atoms with Gasteiger partial charge < -0.3 is 5.21 Å². The SMILES string of the molecule is ONCc1ccc(-n2cncn2)cc1. The summed E-state index contributed by atoms with van der Waals surface area (Å²) in [6, 6.07) is 7.67. The van der Waals surface area contributed by atoms with Crippen LogP contribution in [0.1, 0.15) is 5.56 Å². The van der Waals surface area contributed by atoms with Gasteiger partial charge in [0.2, 0.25) is 0 Å². The highest BCUT2D eigenvalue weighted by molar-refractivity contribution is 5.33. The van der Waals surface area contributed by atoms with Crippen molar-refractivity contribution in [3.05, 3.63) is 42.5 Å². The predicted molar refractivity (Wildman–Crippen MR) is 50.0 cm³/mol. The van der Waals surface area contributed by atoms with Crippen molar-refractivity contribution in [2.24, 2.45) is 0 Å². The number of aromatic nitrogens is 3. The van der Waals surface area contributed by atoms with Crippen molar-refractivity contribution in [3.63, 3.8) is 0 Å². The molecule has 0 saturated heterocycles. The maximum Gasteiger partial charge on any atom is 0.138 e. The molecule has 0 aliphatic rings. The highest BCUT2D eigenvalue weighted by Crippen LogP contribution is 2.07. The first kappa shape index (κ1) is 8.86. The molecule has 0 radical (unpaired) electrons. The van der Waals surface area contributed by atoms with E-state index in [1.54, 1.807) is 11.0 Å². The van der Waals surface area contributed by atoms with Crippen molar-refractivity contribution in [1.82, 2.24) is 20.2 Å². The van der Waals surface area contributed by atoms with E-state index in [2.05, 4.69) is 15.6 Å². The lowest BCUT2D eigenvalue weighted by atomic mass is 10.2. The van der Waals surface area contributed by atoms with Crippen molar-refractivity contribution < 1.29 is 5.21 Å². The summed E-state index contributed by atoms with van der Waals surface area (Å²) in [6.07, 6.45) is 3.13. The molecule has 14 heavy (non-hydrogen) atoms. The van der Waals surface area contributed by atoms with Crippen molar-refractivity contribution in [1.29, 1.82) is 0 Å². The van der Waals surface area contributed by atoms with Crippen LogP contribution in [0.4, 0.5) is 0 Å². The third kappa shape index (κ3) is 1.78. The average molecular weight is 190 g/mol. The fraction of sp³-hybridized carbons (Fsp3) is 0.111. The molecule has 0 aliphatic heterocycles. The third-order valence-electron chi connectivity index (χ3n) is 1.90. The van der Waals surface area contributed by atoms with Gasteiger partial charge >= 0.3 is 0 Å². The number of benzene rings is 1. The molecule has 0 fully saturated rings. The van der Waals surface area contributed by atoms with Crippen LogP contribution in [0, 0.1) is 0 Å². The Hall–Kier alpha value is -1.72. The molecule has 0 bridgehead atoms. The van der Waals surface area contributed by atoms with Gasteiger partial charge in [0.1, 0.15) is 12.7 Å². The van der Waals surface area contributed by atoms with Crippen LogP contribution >= 0.6 is 0 Å². The van der Waals surface area contributed by atoms with Gasteiger partial charge in [-0.3, -0.25) is 0 Å². The summed E-state index contributed by atoms with van der Waals surface area (Å²) in [5.41, 5.74) is 4.06. The second-order valence-corrected chi connectivity index (χ2v) is 2.84. The monoisotopic (exact) mass is 190 g/mol. The summed E-state index contributed by atoms with van der Waals surface area (Å²) >= 11 is 0. The van der Waals surface area contributed by atoms with Gasteiger partial charge in [-0.25, -0.2) is 15.1 Å². The van der Waals surface area contributed by atoms with Gasteiger partial charge in [0.15, 0.2) is 0 Å². The minimum Gasteiger partial charge on any atom is -0.316 e. The Morgan fingerprint density at radius 2 is 2.07 bits per heavy atom. The number of nitrogens with zero attached hydrogens (tertiary/aromatic N) is 3. The summed E-state index contributed by atoms with van der Waals surface area (Å²) in [4.78, 5) is 3.86. The predicted octanol–water partition coefficient (Wildman–Crippen LogP) is 0.746. The van der Waals surface area contributed by atoms with Gasteiger partial charge in [-0.1, -0.05) is 12.1 Å². The molecule has 72 valence electrons. The van der Waals surface area contributed by atoms with Crippen molar-refractivity contribution in [3.8, 4) is 5.69 Å². The summed E-state index contributed by atoms with van der Waals surface area (Å²) in [5, 5.41) is 12.5. The molecule has 2 N–H and O–H groups in total. The molecule has 5 nitrogen and oxygen atoms in total. The van der Waals surface area contributed by atoms with Crippen LogP contribution in [-0.2, 0) is 6.54 Å². The van der Waals surface area contributed by atoms with Crippen LogP contribution in [0.3, 0.4) is 0 Å². The van der Waals surface area contributed by atoms with E-state index in [1.165, 1.54) is 6.33 Å². The molecule has 0 atom stereocenters. The molecule has 0 amide bonds. The Morgan fingerprint density at radius 3 is 2.64 bits per heavy atom. The Bertz CT molecular complexity index is 382. The fourth-order valence-corrected chi connectivity index (χ4v) is 1.20. The minimum atomic E-state index is 0.442. The largest absolute Gasteiger partial charge is 0.316 e. The fourth-order valence-electron chi connectivity index (χ4n) is 1.20. The second-order valence-electron chi connectivity index (χ2n) is 2.84. The highest BCUT2D eigenvalue weighted by atomic mass is 16.5. The Morgan fingerprint density at radius 1 is 1.29 bits per heavy atom. The Balaban J connectivity index is 2.22. The lowest BCUT2D eigenvalue weighted by Gasteiger charge is -2.02.